The van der Waals surface area contributed by atoms with Crippen LogP contribution in [0.25, 0.3) is 0 Å². The average Bonchev–Trinajstić information content (AvgIpc) is 2.76. The summed E-state index contributed by atoms with van der Waals surface area (Å²) >= 11 is 0. The normalized spacial score (nSPS) is 12.2. The first-order valence-electron chi connectivity index (χ1n) is 11.7. The second-order valence-electron chi connectivity index (χ2n) is 8.78. The maximum Gasteiger partial charge on any atom is 0.244 e. The number of anilines is 1. The predicted octanol–water partition coefficient (Wildman–Crippen LogP) is 3.71. The Labute approximate surface area is 204 Å². The molecule has 0 heterocycles. The van der Waals surface area contributed by atoms with E-state index in [1.807, 2.05) is 71.0 Å². The van der Waals surface area contributed by atoms with E-state index in [1.54, 1.807) is 6.07 Å². The number of carbonyl (C=O) groups is 2. The summed E-state index contributed by atoms with van der Waals surface area (Å²) in [4.78, 5) is 28.1. The Bertz CT molecular complexity index is 1100. The van der Waals surface area contributed by atoms with Gasteiger partial charge in [0.15, 0.2) is 0 Å². The summed E-state index contributed by atoms with van der Waals surface area (Å²) < 4.78 is 26.6. The zero-order valence-electron chi connectivity index (χ0n) is 21.1. The highest BCUT2D eigenvalue weighted by molar-refractivity contribution is 7.92. The molecule has 0 aromatic heterocycles. The minimum Gasteiger partial charge on any atom is -0.354 e. The highest BCUT2D eigenvalue weighted by Crippen LogP contribution is 2.24. The molecule has 0 spiro atoms. The molecular formula is C26H37N3O4S. The van der Waals surface area contributed by atoms with Crippen molar-refractivity contribution in [3.8, 4) is 0 Å². The maximum atomic E-state index is 13.6. The molecule has 34 heavy (non-hydrogen) atoms. The van der Waals surface area contributed by atoms with E-state index < -0.39 is 22.0 Å². The number of carbonyl (C=O) groups excluding carboxylic acids is 2. The van der Waals surface area contributed by atoms with Gasteiger partial charge in [-0.25, -0.2) is 8.42 Å². The van der Waals surface area contributed by atoms with Gasteiger partial charge in [0, 0.05) is 13.1 Å². The largest absolute Gasteiger partial charge is 0.354 e. The van der Waals surface area contributed by atoms with Crippen LogP contribution < -0.4 is 9.62 Å². The van der Waals surface area contributed by atoms with E-state index in [2.05, 4.69) is 5.32 Å². The Hall–Kier alpha value is -2.87. The SMILES string of the molecule is CCCNC(=O)[C@@H](CC)N(Cc1ccc(C)cc1)C(=O)CN(c1ccc(C)cc1C)S(C)(=O)=O. The lowest BCUT2D eigenvalue weighted by Crippen LogP contribution is -2.52. The van der Waals surface area contributed by atoms with E-state index in [1.165, 1.54) is 4.90 Å². The lowest BCUT2D eigenvalue weighted by atomic mass is 10.1. The fourth-order valence-electron chi connectivity index (χ4n) is 3.86. The van der Waals surface area contributed by atoms with E-state index in [0.717, 1.165) is 39.2 Å². The highest BCUT2D eigenvalue weighted by atomic mass is 32.2. The minimum absolute atomic E-state index is 0.210. The van der Waals surface area contributed by atoms with Crippen molar-refractivity contribution >= 4 is 27.5 Å². The first-order valence-corrected chi connectivity index (χ1v) is 13.5. The van der Waals surface area contributed by atoms with Gasteiger partial charge in [0.2, 0.25) is 21.8 Å². The Kier molecular flexibility index (Phi) is 9.67. The van der Waals surface area contributed by atoms with Crippen LogP contribution in [0.1, 0.15) is 48.9 Å². The van der Waals surface area contributed by atoms with E-state index in [4.69, 9.17) is 0 Å². The molecule has 2 aromatic rings. The number of benzene rings is 2. The molecule has 0 aliphatic heterocycles. The van der Waals surface area contributed by atoms with Crippen LogP contribution in [0.15, 0.2) is 42.5 Å². The van der Waals surface area contributed by atoms with Crippen molar-refractivity contribution in [2.45, 2.75) is 60.0 Å². The molecule has 7 nitrogen and oxygen atoms in total. The van der Waals surface area contributed by atoms with Gasteiger partial charge in [0.25, 0.3) is 0 Å². The third-order valence-electron chi connectivity index (χ3n) is 5.71. The number of hydrogen-bond acceptors (Lipinski definition) is 4. The summed E-state index contributed by atoms with van der Waals surface area (Å²) in [7, 11) is -3.74. The van der Waals surface area contributed by atoms with Crippen molar-refractivity contribution in [2.75, 3.05) is 23.7 Å². The van der Waals surface area contributed by atoms with Crippen LogP contribution in [0.2, 0.25) is 0 Å². The number of rotatable bonds is 11. The van der Waals surface area contributed by atoms with E-state index in [0.29, 0.717) is 18.7 Å². The Morgan fingerprint density at radius 1 is 0.971 bits per heavy atom. The number of nitrogens with zero attached hydrogens (tertiary/aromatic N) is 2. The van der Waals surface area contributed by atoms with Crippen LogP contribution in [-0.4, -0.2) is 50.5 Å². The predicted molar refractivity (Wildman–Crippen MR) is 137 cm³/mol. The maximum absolute atomic E-state index is 13.6. The van der Waals surface area contributed by atoms with Crippen LogP contribution in [0, 0.1) is 20.8 Å². The van der Waals surface area contributed by atoms with E-state index >= 15 is 0 Å². The molecule has 0 saturated heterocycles. The quantitative estimate of drug-likeness (QED) is 0.523. The molecule has 2 amide bonds. The number of amides is 2. The molecule has 0 radical (unpaired) electrons. The van der Waals surface area contributed by atoms with Crippen molar-refractivity contribution in [3.05, 3.63) is 64.7 Å². The molecule has 2 aromatic carbocycles. The van der Waals surface area contributed by atoms with Gasteiger partial charge in [-0.05, 0) is 50.8 Å². The van der Waals surface area contributed by atoms with Crippen LogP contribution >= 0.6 is 0 Å². The first-order chi connectivity index (χ1) is 16.0. The average molecular weight is 488 g/mol. The highest BCUT2D eigenvalue weighted by Gasteiger charge is 2.32. The molecule has 0 saturated carbocycles. The van der Waals surface area contributed by atoms with Gasteiger partial charge >= 0.3 is 0 Å². The lowest BCUT2D eigenvalue weighted by Gasteiger charge is -2.33. The standard InChI is InChI=1S/C26H37N3O4S/c1-7-15-27-26(31)23(8-2)28(17-22-12-9-19(3)10-13-22)25(30)18-29(34(6,32)33)24-14-11-20(4)16-21(24)5/h9-14,16,23H,7-8,15,17-18H2,1-6H3,(H,27,31)/t23-/m1/s1. The monoisotopic (exact) mass is 487 g/mol. The summed E-state index contributed by atoms with van der Waals surface area (Å²) in [6, 6.07) is 12.5. The van der Waals surface area contributed by atoms with Gasteiger partial charge in [0.1, 0.15) is 12.6 Å². The van der Waals surface area contributed by atoms with E-state index in [-0.39, 0.29) is 19.0 Å². The third kappa shape index (κ3) is 7.32. The van der Waals surface area contributed by atoms with Gasteiger partial charge in [-0.1, -0.05) is 61.4 Å². The number of nitrogens with one attached hydrogen (secondary N) is 1. The van der Waals surface area contributed by atoms with Crippen molar-refractivity contribution in [1.82, 2.24) is 10.2 Å². The van der Waals surface area contributed by atoms with Crippen molar-refractivity contribution < 1.29 is 18.0 Å². The minimum atomic E-state index is -3.74. The van der Waals surface area contributed by atoms with Crippen LogP contribution in [0.5, 0.6) is 0 Å². The van der Waals surface area contributed by atoms with Crippen LogP contribution in [0.3, 0.4) is 0 Å². The van der Waals surface area contributed by atoms with Crippen molar-refractivity contribution in [3.63, 3.8) is 0 Å². The zero-order chi connectivity index (χ0) is 25.5. The Morgan fingerprint density at radius 3 is 2.12 bits per heavy atom. The summed E-state index contributed by atoms with van der Waals surface area (Å²) in [5.41, 5.74) is 4.18. The summed E-state index contributed by atoms with van der Waals surface area (Å²) in [5.74, 6) is -0.660. The van der Waals surface area contributed by atoms with Gasteiger partial charge in [-0.2, -0.15) is 0 Å². The van der Waals surface area contributed by atoms with E-state index in [9.17, 15) is 18.0 Å². The molecule has 1 N–H and O–H groups in total. The zero-order valence-corrected chi connectivity index (χ0v) is 21.9. The molecule has 186 valence electrons. The number of aryl methyl sites for hydroxylation is 3. The Morgan fingerprint density at radius 2 is 1.59 bits per heavy atom. The number of sulfonamides is 1. The van der Waals surface area contributed by atoms with Gasteiger partial charge < -0.3 is 10.2 Å². The first kappa shape index (κ1) is 27.4. The topological polar surface area (TPSA) is 86.8 Å². The molecule has 8 heteroatoms. The van der Waals surface area contributed by atoms with Crippen molar-refractivity contribution in [1.29, 1.82) is 0 Å². The summed E-state index contributed by atoms with van der Waals surface area (Å²) in [5, 5.41) is 2.88. The molecule has 0 fully saturated rings. The lowest BCUT2D eigenvalue weighted by molar-refractivity contribution is -0.140. The third-order valence-corrected chi connectivity index (χ3v) is 6.84. The Balaban J connectivity index is 2.44. The van der Waals surface area contributed by atoms with Gasteiger partial charge in [-0.3, -0.25) is 13.9 Å². The molecule has 0 aliphatic carbocycles. The fourth-order valence-corrected chi connectivity index (χ4v) is 4.76. The van der Waals surface area contributed by atoms with Gasteiger partial charge in [-0.15, -0.1) is 0 Å². The summed E-state index contributed by atoms with van der Waals surface area (Å²) in [6.07, 6.45) is 2.29. The van der Waals surface area contributed by atoms with Gasteiger partial charge in [0.05, 0.1) is 11.9 Å². The molecule has 0 aliphatic rings. The molecule has 2 rings (SSSR count). The molecule has 0 unspecified atom stereocenters. The molecular weight excluding hydrogens is 450 g/mol. The fraction of sp³-hybridized carbons (Fsp3) is 0.462. The molecule has 0 bridgehead atoms. The molecule has 1 atom stereocenters. The van der Waals surface area contributed by atoms with Crippen LogP contribution in [0.4, 0.5) is 5.69 Å². The second kappa shape index (κ2) is 12.0. The second-order valence-corrected chi connectivity index (χ2v) is 10.7. The van der Waals surface area contributed by atoms with Crippen LogP contribution in [-0.2, 0) is 26.2 Å². The summed E-state index contributed by atoms with van der Waals surface area (Å²) in [6.45, 7) is 9.88. The smallest absolute Gasteiger partial charge is 0.244 e. The number of hydrogen-bond donors (Lipinski definition) is 1. The van der Waals surface area contributed by atoms with Crippen molar-refractivity contribution in [2.24, 2.45) is 0 Å².